The lowest BCUT2D eigenvalue weighted by Gasteiger charge is -2.22. The van der Waals surface area contributed by atoms with Crippen molar-refractivity contribution in [3.8, 4) is 17.0 Å². The lowest BCUT2D eigenvalue weighted by atomic mass is 9.86. The Labute approximate surface area is 172 Å². The smallest absolute Gasteiger partial charge is 0.475 e. The largest absolute Gasteiger partial charge is 0.481 e. The third-order valence-electron chi connectivity index (χ3n) is 4.70. The van der Waals surface area contributed by atoms with Gasteiger partial charge in [0.25, 0.3) is 0 Å². The highest BCUT2D eigenvalue weighted by molar-refractivity contribution is 9.10. The number of alkyl halides is 5. The number of carboxylic acid groups (broad SMARTS) is 1. The van der Waals surface area contributed by atoms with Crippen molar-refractivity contribution in [3.05, 3.63) is 29.7 Å². The summed E-state index contributed by atoms with van der Waals surface area (Å²) in [7, 11) is 0. The fourth-order valence-corrected chi connectivity index (χ4v) is 3.40. The van der Waals surface area contributed by atoms with Crippen molar-refractivity contribution in [1.82, 2.24) is 14.8 Å². The Bertz CT molecular complexity index is 928. The SMILES string of the molecule is CC(C)n1nc(-c2cncc(OC(F)(F)C(F)(F)Br)c2)c2c1CC(C(=O)O)CC2. The number of carboxylic acids is 1. The van der Waals surface area contributed by atoms with E-state index in [1.54, 1.807) is 20.6 Å². The number of carbonyl (C=O) groups is 1. The van der Waals surface area contributed by atoms with Crippen LogP contribution < -0.4 is 4.74 Å². The van der Waals surface area contributed by atoms with Gasteiger partial charge in [0.2, 0.25) is 0 Å². The molecule has 0 aliphatic heterocycles. The topological polar surface area (TPSA) is 77.2 Å². The standard InChI is InChI=1S/C18H18BrF4N3O3/c1-9(2)26-14-6-10(16(27)28)3-4-13(14)15(25-26)11-5-12(8-24-7-11)29-18(22,23)17(19,20)21/h5,7-10H,3-4,6H2,1-2H3,(H,27,28). The Balaban J connectivity index is 2.00. The van der Waals surface area contributed by atoms with Gasteiger partial charge in [-0.15, -0.1) is 0 Å². The molecule has 1 aliphatic carbocycles. The van der Waals surface area contributed by atoms with E-state index in [2.05, 4.69) is 14.8 Å². The van der Waals surface area contributed by atoms with Crippen molar-refractivity contribution in [3.63, 3.8) is 0 Å². The summed E-state index contributed by atoms with van der Waals surface area (Å²) < 4.78 is 58.9. The van der Waals surface area contributed by atoms with Crippen LogP contribution in [0.15, 0.2) is 18.5 Å². The van der Waals surface area contributed by atoms with Crippen molar-refractivity contribution in [2.45, 2.75) is 50.1 Å². The van der Waals surface area contributed by atoms with Crippen molar-refractivity contribution >= 4 is 21.9 Å². The van der Waals surface area contributed by atoms with Crippen molar-refractivity contribution < 1.29 is 32.2 Å². The average Bonchev–Trinajstić information content (AvgIpc) is 2.99. The average molecular weight is 480 g/mol. The summed E-state index contributed by atoms with van der Waals surface area (Å²) in [5.41, 5.74) is 2.33. The molecule has 0 spiro atoms. The van der Waals surface area contributed by atoms with Crippen molar-refractivity contribution in [1.29, 1.82) is 0 Å². The number of nitrogens with zero attached hydrogens (tertiary/aromatic N) is 3. The molecule has 2 aromatic heterocycles. The molecule has 0 amide bonds. The van der Waals surface area contributed by atoms with Gasteiger partial charge in [-0.2, -0.15) is 22.7 Å². The van der Waals surface area contributed by atoms with Crippen LogP contribution in [0.3, 0.4) is 0 Å². The molecule has 0 fully saturated rings. The van der Waals surface area contributed by atoms with Crippen LogP contribution in [0.2, 0.25) is 0 Å². The first-order valence-corrected chi connectivity index (χ1v) is 9.62. The zero-order valence-corrected chi connectivity index (χ0v) is 17.1. The van der Waals surface area contributed by atoms with E-state index in [9.17, 15) is 27.5 Å². The molecule has 1 N–H and O–H groups in total. The Morgan fingerprint density at radius 3 is 2.62 bits per heavy atom. The van der Waals surface area contributed by atoms with Crippen molar-refractivity contribution in [2.75, 3.05) is 0 Å². The number of hydrogen-bond acceptors (Lipinski definition) is 4. The fourth-order valence-electron chi connectivity index (χ4n) is 3.32. The van der Waals surface area contributed by atoms with E-state index in [0.717, 1.165) is 23.5 Å². The lowest BCUT2D eigenvalue weighted by molar-refractivity contribution is -0.266. The third-order valence-corrected chi connectivity index (χ3v) is 5.16. The van der Waals surface area contributed by atoms with Gasteiger partial charge in [-0.05, 0) is 32.8 Å². The number of hydrogen-bond donors (Lipinski definition) is 1. The molecule has 2 aromatic rings. The van der Waals surface area contributed by atoms with Crippen LogP contribution in [0.5, 0.6) is 5.75 Å². The number of aromatic nitrogens is 3. The summed E-state index contributed by atoms with van der Waals surface area (Å²) in [5.74, 6) is -1.96. The monoisotopic (exact) mass is 479 g/mol. The molecule has 0 radical (unpaired) electrons. The molecule has 0 saturated heterocycles. The van der Waals surface area contributed by atoms with Crippen LogP contribution in [0.1, 0.15) is 37.6 Å². The predicted molar refractivity (Wildman–Crippen MR) is 98.4 cm³/mol. The lowest BCUT2D eigenvalue weighted by Crippen LogP contribution is -2.40. The van der Waals surface area contributed by atoms with Crippen LogP contribution in [0.4, 0.5) is 17.6 Å². The maximum Gasteiger partial charge on any atom is 0.475 e. The summed E-state index contributed by atoms with van der Waals surface area (Å²) in [6.07, 6.45) is -1.35. The first-order valence-electron chi connectivity index (χ1n) is 8.82. The predicted octanol–water partition coefficient (Wildman–Crippen LogP) is 4.67. The fraction of sp³-hybridized carbons (Fsp3) is 0.500. The maximum absolute atomic E-state index is 13.5. The number of pyridine rings is 1. The Hall–Kier alpha value is -2.17. The molecule has 6 nitrogen and oxygen atoms in total. The molecule has 0 saturated carbocycles. The Morgan fingerprint density at radius 1 is 1.34 bits per heavy atom. The van der Waals surface area contributed by atoms with Gasteiger partial charge >= 0.3 is 16.9 Å². The summed E-state index contributed by atoms with van der Waals surface area (Å²) in [4.78, 5) is 10.6. The van der Waals surface area contributed by atoms with Gasteiger partial charge in [-0.3, -0.25) is 14.5 Å². The molecule has 158 valence electrons. The molecule has 1 aliphatic rings. The molecular weight excluding hydrogens is 462 g/mol. The molecule has 11 heteroatoms. The minimum absolute atomic E-state index is 0.0612. The summed E-state index contributed by atoms with van der Waals surface area (Å²) in [5, 5.41) is 13.9. The van der Waals surface area contributed by atoms with Crippen LogP contribution in [-0.4, -0.2) is 36.8 Å². The number of rotatable bonds is 6. The first kappa shape index (κ1) is 21.5. The molecule has 3 rings (SSSR count). The number of aliphatic carboxylic acids is 1. The summed E-state index contributed by atoms with van der Waals surface area (Å²) in [6, 6.07) is 1.10. The van der Waals surface area contributed by atoms with E-state index < -0.39 is 28.6 Å². The summed E-state index contributed by atoms with van der Waals surface area (Å²) in [6.45, 7) is 3.77. The van der Waals surface area contributed by atoms with Crippen molar-refractivity contribution in [2.24, 2.45) is 5.92 Å². The van der Waals surface area contributed by atoms with Crippen LogP contribution in [-0.2, 0) is 17.6 Å². The van der Waals surface area contributed by atoms with Gasteiger partial charge in [0.1, 0.15) is 5.75 Å². The number of fused-ring (bicyclic) bond motifs is 1. The van der Waals surface area contributed by atoms with Gasteiger partial charge in [0, 0.05) is 51.4 Å². The highest BCUT2D eigenvalue weighted by Crippen LogP contribution is 2.41. The molecule has 29 heavy (non-hydrogen) atoms. The van der Waals surface area contributed by atoms with Gasteiger partial charge in [0.15, 0.2) is 0 Å². The Kier molecular flexibility index (Phi) is 5.63. The van der Waals surface area contributed by atoms with E-state index in [1.165, 1.54) is 6.20 Å². The summed E-state index contributed by atoms with van der Waals surface area (Å²) >= 11 is 1.61. The Morgan fingerprint density at radius 2 is 2.03 bits per heavy atom. The third kappa shape index (κ3) is 4.24. The van der Waals surface area contributed by atoms with Gasteiger partial charge in [-0.1, -0.05) is 0 Å². The van der Waals surface area contributed by atoms with E-state index in [1.807, 2.05) is 13.8 Å². The number of halogens is 5. The highest BCUT2D eigenvalue weighted by Gasteiger charge is 2.57. The van der Waals surface area contributed by atoms with Gasteiger partial charge in [-0.25, -0.2) is 0 Å². The van der Waals surface area contributed by atoms with Crippen LogP contribution >= 0.6 is 15.9 Å². The second-order valence-electron chi connectivity index (χ2n) is 7.12. The highest BCUT2D eigenvalue weighted by atomic mass is 79.9. The second kappa shape index (κ2) is 7.58. The molecular formula is C18H18BrF4N3O3. The molecule has 0 aromatic carbocycles. The molecule has 2 heterocycles. The molecule has 1 atom stereocenters. The number of ether oxygens (including phenoxy) is 1. The molecule has 0 bridgehead atoms. The molecule has 1 unspecified atom stereocenters. The first-order chi connectivity index (χ1) is 13.4. The minimum Gasteiger partial charge on any atom is -0.481 e. The van der Waals surface area contributed by atoms with E-state index in [4.69, 9.17) is 0 Å². The normalized spacial score (nSPS) is 17.3. The van der Waals surface area contributed by atoms with E-state index in [0.29, 0.717) is 30.5 Å². The van der Waals surface area contributed by atoms with Gasteiger partial charge in [0.05, 0.1) is 17.8 Å². The quantitative estimate of drug-likeness (QED) is 0.480. The van der Waals surface area contributed by atoms with E-state index >= 15 is 0 Å². The van der Waals surface area contributed by atoms with E-state index in [-0.39, 0.29) is 6.04 Å². The maximum atomic E-state index is 13.5. The van der Waals surface area contributed by atoms with Crippen LogP contribution in [0.25, 0.3) is 11.3 Å². The zero-order chi connectivity index (χ0) is 21.6. The zero-order valence-electron chi connectivity index (χ0n) is 15.5. The van der Waals surface area contributed by atoms with Gasteiger partial charge < -0.3 is 9.84 Å². The van der Waals surface area contributed by atoms with Crippen LogP contribution in [0, 0.1) is 5.92 Å². The minimum atomic E-state index is -4.78. The second-order valence-corrected chi connectivity index (χ2v) is 8.11.